The zero-order chi connectivity index (χ0) is 12.4. The Morgan fingerprint density at radius 1 is 1.29 bits per heavy atom. The molecule has 1 saturated heterocycles. The minimum Gasteiger partial charge on any atom is -0.334 e. The Balaban J connectivity index is 2.30. The fourth-order valence-corrected chi connectivity index (χ4v) is 2.90. The van der Waals surface area contributed by atoms with Crippen molar-refractivity contribution in [3.05, 3.63) is 17.2 Å². The van der Waals surface area contributed by atoms with Crippen molar-refractivity contribution >= 4 is 0 Å². The number of likely N-dealkylation sites (N-methyl/N-ethyl adjacent to an activating group) is 1. The number of rotatable bonds is 4. The van der Waals surface area contributed by atoms with Crippen LogP contribution in [0.4, 0.5) is 0 Å². The largest absolute Gasteiger partial charge is 0.334 e. The third kappa shape index (κ3) is 2.38. The molecule has 2 heterocycles. The Labute approximate surface area is 104 Å². The summed E-state index contributed by atoms with van der Waals surface area (Å²) in [7, 11) is 4.16. The standard InChI is InChI=1S/C13H24N4/c1-10-13(16(4)11(2)15-10)12(9-14-3)17-7-5-6-8-17/h12,14H,5-9H2,1-4H3. The van der Waals surface area contributed by atoms with Crippen LogP contribution in [-0.2, 0) is 7.05 Å². The average molecular weight is 236 g/mol. The Morgan fingerprint density at radius 3 is 2.41 bits per heavy atom. The summed E-state index contributed by atoms with van der Waals surface area (Å²) in [5.41, 5.74) is 2.55. The summed E-state index contributed by atoms with van der Waals surface area (Å²) in [6.07, 6.45) is 2.66. The molecule has 2 rings (SSSR count). The van der Waals surface area contributed by atoms with Gasteiger partial charge >= 0.3 is 0 Å². The molecule has 0 saturated carbocycles. The van der Waals surface area contributed by atoms with Crippen molar-refractivity contribution in [3.8, 4) is 0 Å². The molecule has 1 aliphatic heterocycles. The summed E-state index contributed by atoms with van der Waals surface area (Å²) >= 11 is 0. The molecule has 4 heteroatoms. The molecule has 0 bridgehead atoms. The van der Waals surface area contributed by atoms with Gasteiger partial charge in [0.25, 0.3) is 0 Å². The molecule has 96 valence electrons. The van der Waals surface area contributed by atoms with Crippen molar-refractivity contribution in [1.82, 2.24) is 19.8 Å². The molecular weight excluding hydrogens is 212 g/mol. The highest BCUT2D eigenvalue weighted by Crippen LogP contribution is 2.27. The van der Waals surface area contributed by atoms with E-state index in [9.17, 15) is 0 Å². The van der Waals surface area contributed by atoms with Crippen LogP contribution in [0.5, 0.6) is 0 Å². The van der Waals surface area contributed by atoms with Crippen molar-refractivity contribution in [2.24, 2.45) is 7.05 Å². The van der Waals surface area contributed by atoms with Gasteiger partial charge in [-0.15, -0.1) is 0 Å². The molecule has 1 unspecified atom stereocenters. The van der Waals surface area contributed by atoms with Crippen LogP contribution < -0.4 is 5.32 Å². The SMILES string of the molecule is CNCC(c1c(C)nc(C)n1C)N1CCCC1. The number of hydrogen-bond acceptors (Lipinski definition) is 3. The fraction of sp³-hybridized carbons (Fsp3) is 0.769. The number of imidazole rings is 1. The molecule has 1 aromatic rings. The second-order valence-electron chi connectivity index (χ2n) is 5.01. The second-order valence-corrected chi connectivity index (χ2v) is 5.01. The number of nitrogens with zero attached hydrogens (tertiary/aromatic N) is 3. The van der Waals surface area contributed by atoms with E-state index in [2.05, 4.69) is 40.7 Å². The van der Waals surface area contributed by atoms with Gasteiger partial charge in [-0.1, -0.05) is 0 Å². The van der Waals surface area contributed by atoms with Crippen LogP contribution in [0.15, 0.2) is 0 Å². The van der Waals surface area contributed by atoms with Gasteiger partial charge < -0.3 is 9.88 Å². The van der Waals surface area contributed by atoms with E-state index in [-0.39, 0.29) is 0 Å². The van der Waals surface area contributed by atoms with Crippen molar-refractivity contribution in [2.45, 2.75) is 32.7 Å². The smallest absolute Gasteiger partial charge is 0.105 e. The lowest BCUT2D eigenvalue weighted by molar-refractivity contribution is 0.233. The van der Waals surface area contributed by atoms with Gasteiger partial charge in [-0.05, 0) is 46.8 Å². The van der Waals surface area contributed by atoms with Crippen LogP contribution in [0.3, 0.4) is 0 Å². The van der Waals surface area contributed by atoms with Gasteiger partial charge in [-0.3, -0.25) is 4.90 Å². The van der Waals surface area contributed by atoms with E-state index in [1.165, 1.54) is 37.3 Å². The number of aryl methyl sites for hydroxylation is 2. The number of aromatic nitrogens is 2. The fourth-order valence-electron chi connectivity index (χ4n) is 2.90. The molecule has 1 aliphatic rings. The monoisotopic (exact) mass is 236 g/mol. The predicted octanol–water partition coefficient (Wildman–Crippen LogP) is 1.39. The number of likely N-dealkylation sites (tertiary alicyclic amines) is 1. The third-order valence-electron chi connectivity index (χ3n) is 3.84. The zero-order valence-corrected chi connectivity index (χ0v) is 11.5. The van der Waals surface area contributed by atoms with E-state index < -0.39 is 0 Å². The topological polar surface area (TPSA) is 33.1 Å². The molecule has 0 radical (unpaired) electrons. The molecular formula is C13H24N4. The highest BCUT2D eigenvalue weighted by molar-refractivity contribution is 5.20. The summed E-state index contributed by atoms with van der Waals surface area (Å²) in [6, 6.07) is 0.466. The molecule has 0 spiro atoms. The highest BCUT2D eigenvalue weighted by atomic mass is 15.2. The maximum atomic E-state index is 4.59. The van der Waals surface area contributed by atoms with Crippen LogP contribution in [-0.4, -0.2) is 41.1 Å². The molecule has 17 heavy (non-hydrogen) atoms. The normalized spacial score (nSPS) is 18.8. The van der Waals surface area contributed by atoms with Gasteiger partial charge in [0.15, 0.2) is 0 Å². The average Bonchev–Trinajstić information content (AvgIpc) is 2.88. The van der Waals surface area contributed by atoms with E-state index in [0.717, 1.165) is 12.4 Å². The molecule has 0 aliphatic carbocycles. The van der Waals surface area contributed by atoms with Crippen molar-refractivity contribution < 1.29 is 0 Å². The van der Waals surface area contributed by atoms with Gasteiger partial charge in [0, 0.05) is 13.6 Å². The quantitative estimate of drug-likeness (QED) is 0.857. The maximum Gasteiger partial charge on any atom is 0.105 e. The van der Waals surface area contributed by atoms with E-state index in [0.29, 0.717) is 6.04 Å². The van der Waals surface area contributed by atoms with Crippen LogP contribution in [0.25, 0.3) is 0 Å². The third-order valence-corrected chi connectivity index (χ3v) is 3.84. The first-order chi connectivity index (χ1) is 8.15. The lowest BCUT2D eigenvalue weighted by Gasteiger charge is -2.28. The maximum absolute atomic E-state index is 4.59. The first kappa shape index (κ1) is 12.6. The van der Waals surface area contributed by atoms with E-state index in [4.69, 9.17) is 0 Å². The second kappa shape index (κ2) is 5.19. The molecule has 1 fully saturated rings. The Bertz CT molecular complexity index is 377. The molecule has 1 N–H and O–H groups in total. The molecule has 0 amide bonds. The Kier molecular flexibility index (Phi) is 3.84. The molecule has 4 nitrogen and oxygen atoms in total. The summed E-state index contributed by atoms with van der Waals surface area (Å²) < 4.78 is 2.25. The van der Waals surface area contributed by atoms with Crippen LogP contribution >= 0.6 is 0 Å². The van der Waals surface area contributed by atoms with E-state index in [1.807, 2.05) is 7.05 Å². The summed E-state index contributed by atoms with van der Waals surface area (Å²) in [5.74, 6) is 1.11. The minimum absolute atomic E-state index is 0.466. The van der Waals surface area contributed by atoms with Crippen LogP contribution in [0.1, 0.15) is 36.1 Å². The van der Waals surface area contributed by atoms with E-state index in [1.54, 1.807) is 0 Å². The molecule has 0 aromatic carbocycles. The van der Waals surface area contributed by atoms with Gasteiger partial charge in [-0.2, -0.15) is 0 Å². The van der Waals surface area contributed by atoms with Crippen molar-refractivity contribution in [1.29, 1.82) is 0 Å². The van der Waals surface area contributed by atoms with E-state index >= 15 is 0 Å². The van der Waals surface area contributed by atoms with Gasteiger partial charge in [0.2, 0.25) is 0 Å². The lowest BCUT2D eigenvalue weighted by atomic mass is 10.1. The summed E-state index contributed by atoms with van der Waals surface area (Å²) in [6.45, 7) is 7.64. The lowest BCUT2D eigenvalue weighted by Crippen LogP contribution is -2.34. The molecule has 1 atom stereocenters. The summed E-state index contributed by atoms with van der Waals surface area (Å²) in [4.78, 5) is 7.18. The first-order valence-electron chi connectivity index (χ1n) is 6.53. The number of hydrogen-bond donors (Lipinski definition) is 1. The van der Waals surface area contributed by atoms with Crippen LogP contribution in [0.2, 0.25) is 0 Å². The Morgan fingerprint density at radius 2 is 1.94 bits per heavy atom. The Hall–Kier alpha value is -0.870. The zero-order valence-electron chi connectivity index (χ0n) is 11.5. The highest BCUT2D eigenvalue weighted by Gasteiger charge is 2.27. The van der Waals surface area contributed by atoms with Crippen LogP contribution in [0, 0.1) is 13.8 Å². The first-order valence-corrected chi connectivity index (χ1v) is 6.53. The van der Waals surface area contributed by atoms with Crippen molar-refractivity contribution in [2.75, 3.05) is 26.7 Å². The molecule has 1 aromatic heterocycles. The van der Waals surface area contributed by atoms with Crippen molar-refractivity contribution in [3.63, 3.8) is 0 Å². The van der Waals surface area contributed by atoms with Gasteiger partial charge in [0.05, 0.1) is 17.4 Å². The predicted molar refractivity (Wildman–Crippen MR) is 70.2 cm³/mol. The summed E-state index contributed by atoms with van der Waals surface area (Å²) in [5, 5.41) is 3.32. The number of nitrogens with one attached hydrogen (secondary N) is 1. The van der Waals surface area contributed by atoms with Gasteiger partial charge in [0.1, 0.15) is 5.82 Å². The van der Waals surface area contributed by atoms with Gasteiger partial charge in [-0.25, -0.2) is 4.98 Å². The minimum atomic E-state index is 0.466.